The van der Waals surface area contributed by atoms with Crippen LogP contribution in [0.15, 0.2) is 46.9 Å². The molecule has 2 aromatic carbocycles. The van der Waals surface area contributed by atoms with Crippen LogP contribution in [0, 0.1) is 0 Å². The number of thioether (sulfide) groups is 1. The van der Waals surface area contributed by atoms with Crippen LogP contribution in [-0.4, -0.2) is 35.1 Å². The lowest BCUT2D eigenvalue weighted by molar-refractivity contribution is -0.139. The normalized spacial score (nSPS) is 11.8. The number of nitrogens with one attached hydrogen (secondary N) is 1. The van der Waals surface area contributed by atoms with Crippen LogP contribution in [0.1, 0.15) is 44.2 Å². The lowest BCUT2D eigenvalue weighted by Gasteiger charge is -2.30. The number of amides is 2. The first kappa shape index (κ1) is 27.0. The molecule has 0 aliphatic rings. The van der Waals surface area contributed by atoms with Gasteiger partial charge in [-0.05, 0) is 48.2 Å². The molecule has 0 bridgehead atoms. The number of halogens is 3. The van der Waals surface area contributed by atoms with Gasteiger partial charge in [-0.2, -0.15) is 0 Å². The molecular weight excluding hydrogens is 531 g/mol. The predicted molar refractivity (Wildman–Crippen MR) is 139 cm³/mol. The minimum Gasteiger partial charge on any atom is -0.354 e. The highest BCUT2D eigenvalue weighted by atomic mass is 79.9. The zero-order valence-electron chi connectivity index (χ0n) is 18.4. The first-order valence-corrected chi connectivity index (χ1v) is 13.4. The molecule has 0 aromatic heterocycles. The molecule has 0 aliphatic heterocycles. The topological polar surface area (TPSA) is 49.4 Å². The summed E-state index contributed by atoms with van der Waals surface area (Å²) in [6.07, 6.45) is 2.43. The molecule has 0 heterocycles. The van der Waals surface area contributed by atoms with E-state index >= 15 is 0 Å². The van der Waals surface area contributed by atoms with Gasteiger partial charge in [-0.1, -0.05) is 77.6 Å². The lowest BCUT2D eigenvalue weighted by Crippen LogP contribution is -2.49. The minimum atomic E-state index is -0.540. The summed E-state index contributed by atoms with van der Waals surface area (Å²) < 4.78 is 1.02. The molecule has 0 unspecified atom stereocenters. The van der Waals surface area contributed by atoms with Crippen molar-refractivity contribution in [1.29, 1.82) is 0 Å². The molecule has 0 aliphatic carbocycles. The Balaban J connectivity index is 2.12. The van der Waals surface area contributed by atoms with Gasteiger partial charge in [-0.25, -0.2) is 0 Å². The number of hydrogen-bond acceptors (Lipinski definition) is 3. The second-order valence-electron chi connectivity index (χ2n) is 7.46. The van der Waals surface area contributed by atoms with E-state index in [2.05, 4.69) is 28.2 Å². The zero-order chi connectivity index (χ0) is 23.5. The van der Waals surface area contributed by atoms with Crippen LogP contribution in [-0.2, 0) is 21.9 Å². The van der Waals surface area contributed by atoms with Crippen LogP contribution in [0.5, 0.6) is 0 Å². The van der Waals surface area contributed by atoms with Crippen molar-refractivity contribution >= 4 is 62.7 Å². The van der Waals surface area contributed by atoms with Gasteiger partial charge in [0.1, 0.15) is 6.04 Å². The van der Waals surface area contributed by atoms with Crippen LogP contribution in [0.3, 0.4) is 0 Å². The Morgan fingerprint density at radius 3 is 2.38 bits per heavy atom. The van der Waals surface area contributed by atoms with Gasteiger partial charge >= 0.3 is 0 Å². The molecule has 1 N–H and O–H groups in total. The van der Waals surface area contributed by atoms with E-state index in [0.717, 1.165) is 34.2 Å². The third kappa shape index (κ3) is 8.62. The van der Waals surface area contributed by atoms with Crippen LogP contribution in [0.4, 0.5) is 0 Å². The molecular formula is C24H29BrCl2N2O2S. The monoisotopic (exact) mass is 558 g/mol. The predicted octanol–water partition coefficient (Wildman–Crippen LogP) is 6.71. The Bertz CT molecular complexity index is 896. The van der Waals surface area contributed by atoms with Gasteiger partial charge in [0.2, 0.25) is 11.8 Å². The number of carbonyl (C=O) groups excluding carboxylic acids is 2. The van der Waals surface area contributed by atoms with Crippen LogP contribution in [0.25, 0.3) is 0 Å². The maximum atomic E-state index is 13.2. The Kier molecular flexibility index (Phi) is 11.9. The van der Waals surface area contributed by atoms with Crippen molar-refractivity contribution < 1.29 is 9.59 Å². The van der Waals surface area contributed by atoms with Crippen molar-refractivity contribution in [1.82, 2.24) is 10.2 Å². The van der Waals surface area contributed by atoms with Crippen molar-refractivity contribution in [3.05, 3.63) is 68.1 Å². The van der Waals surface area contributed by atoms with Crippen molar-refractivity contribution in [2.24, 2.45) is 0 Å². The van der Waals surface area contributed by atoms with Gasteiger partial charge in [0.25, 0.3) is 0 Å². The fourth-order valence-electron chi connectivity index (χ4n) is 3.18. The fraction of sp³-hybridized carbons (Fsp3) is 0.417. The molecule has 4 nitrogen and oxygen atoms in total. The van der Waals surface area contributed by atoms with Gasteiger partial charge in [-0.3, -0.25) is 9.59 Å². The third-order valence-electron chi connectivity index (χ3n) is 4.96. The summed E-state index contributed by atoms with van der Waals surface area (Å²) >= 11 is 17.2. The second-order valence-corrected chi connectivity index (χ2v) is 10.2. The van der Waals surface area contributed by atoms with E-state index in [9.17, 15) is 9.59 Å². The van der Waals surface area contributed by atoms with Crippen molar-refractivity contribution in [3.63, 3.8) is 0 Å². The lowest BCUT2D eigenvalue weighted by atomic mass is 10.1. The number of hydrogen-bond donors (Lipinski definition) is 1. The Morgan fingerprint density at radius 1 is 1.06 bits per heavy atom. The summed E-state index contributed by atoms with van der Waals surface area (Å²) in [7, 11) is 0. The number of nitrogens with zero attached hydrogens (tertiary/aromatic N) is 1. The van der Waals surface area contributed by atoms with E-state index in [1.807, 2.05) is 37.3 Å². The summed E-state index contributed by atoms with van der Waals surface area (Å²) in [6.45, 7) is 4.91. The van der Waals surface area contributed by atoms with E-state index in [-0.39, 0.29) is 17.6 Å². The molecule has 1 atom stereocenters. The summed E-state index contributed by atoms with van der Waals surface area (Å²) in [4.78, 5) is 27.8. The smallest absolute Gasteiger partial charge is 0.242 e. The average molecular weight is 560 g/mol. The number of benzene rings is 2. The molecule has 0 fully saturated rings. The quantitative estimate of drug-likeness (QED) is 0.294. The molecule has 0 spiro atoms. The minimum absolute atomic E-state index is 0.0734. The van der Waals surface area contributed by atoms with Crippen molar-refractivity contribution in [2.75, 3.05) is 12.3 Å². The van der Waals surface area contributed by atoms with E-state index < -0.39 is 6.04 Å². The number of rotatable bonds is 12. The van der Waals surface area contributed by atoms with E-state index in [4.69, 9.17) is 23.2 Å². The Labute approximate surface area is 213 Å². The van der Waals surface area contributed by atoms with Gasteiger partial charge in [0.05, 0.1) is 15.8 Å². The van der Waals surface area contributed by atoms with Crippen molar-refractivity contribution in [2.45, 2.75) is 51.4 Å². The summed E-state index contributed by atoms with van der Waals surface area (Å²) in [5.41, 5.74) is 1.98. The van der Waals surface area contributed by atoms with Crippen LogP contribution in [0.2, 0.25) is 10.0 Å². The molecule has 0 saturated heterocycles. The maximum Gasteiger partial charge on any atom is 0.242 e. The highest BCUT2D eigenvalue weighted by Crippen LogP contribution is 2.25. The summed E-state index contributed by atoms with van der Waals surface area (Å²) in [5.74, 6) is 0.817. The average Bonchev–Trinajstić information content (AvgIpc) is 2.77. The first-order chi connectivity index (χ1) is 15.3. The standard InChI is InChI=1S/C24H29BrCl2N2O2S/c1-3-5-12-28-24(31)22(4-2)29(14-18-8-11-20(26)21(27)13-18)23(30)16-32-15-17-6-9-19(25)10-7-17/h6-11,13,22H,3-5,12,14-16H2,1-2H3,(H,28,31)/t22-/m1/s1. The number of unbranched alkanes of at least 4 members (excludes halogenated alkanes) is 1. The van der Waals surface area contributed by atoms with E-state index in [1.165, 1.54) is 0 Å². The second kappa shape index (κ2) is 14.1. The molecule has 2 amide bonds. The summed E-state index contributed by atoms with van der Waals surface area (Å²) in [5, 5.41) is 3.87. The summed E-state index contributed by atoms with van der Waals surface area (Å²) in [6, 6.07) is 12.8. The first-order valence-electron chi connectivity index (χ1n) is 10.7. The molecule has 8 heteroatoms. The molecule has 32 heavy (non-hydrogen) atoms. The Hall–Kier alpha value is -1.21. The van der Waals surface area contributed by atoms with Gasteiger partial charge < -0.3 is 10.2 Å². The fourth-order valence-corrected chi connectivity index (χ4v) is 4.64. The van der Waals surface area contributed by atoms with Gasteiger partial charge in [0, 0.05) is 23.3 Å². The molecule has 2 aromatic rings. The zero-order valence-corrected chi connectivity index (χ0v) is 22.3. The highest BCUT2D eigenvalue weighted by molar-refractivity contribution is 9.10. The third-order valence-corrected chi connectivity index (χ3v) is 7.22. The molecule has 0 saturated carbocycles. The molecule has 2 rings (SSSR count). The van der Waals surface area contributed by atoms with E-state index in [1.54, 1.807) is 28.8 Å². The molecule has 174 valence electrons. The Morgan fingerprint density at radius 2 is 1.75 bits per heavy atom. The van der Waals surface area contributed by atoms with Crippen molar-refractivity contribution in [3.8, 4) is 0 Å². The highest BCUT2D eigenvalue weighted by Gasteiger charge is 2.28. The van der Waals surface area contributed by atoms with E-state index in [0.29, 0.717) is 29.6 Å². The SMILES string of the molecule is CCCCNC(=O)[C@@H](CC)N(Cc1ccc(Cl)c(Cl)c1)C(=O)CSCc1ccc(Br)cc1. The van der Waals surface area contributed by atoms with Gasteiger partial charge in [-0.15, -0.1) is 11.8 Å². The maximum absolute atomic E-state index is 13.2. The van der Waals surface area contributed by atoms with Crippen LogP contribution < -0.4 is 5.32 Å². The van der Waals surface area contributed by atoms with Gasteiger partial charge in [0.15, 0.2) is 0 Å². The largest absolute Gasteiger partial charge is 0.354 e. The molecule has 0 radical (unpaired) electrons. The van der Waals surface area contributed by atoms with Crippen LogP contribution >= 0.6 is 50.9 Å². The number of carbonyl (C=O) groups is 2.